The number of amides is 2. The predicted octanol–water partition coefficient (Wildman–Crippen LogP) is 2.71. The van der Waals surface area contributed by atoms with Gasteiger partial charge in [-0.1, -0.05) is 30.3 Å². The van der Waals surface area contributed by atoms with Gasteiger partial charge in [-0.2, -0.15) is 5.10 Å². The van der Waals surface area contributed by atoms with E-state index in [4.69, 9.17) is 0 Å². The molecular formula is C25H35N5O2. The topological polar surface area (TPSA) is 61.7 Å². The van der Waals surface area contributed by atoms with E-state index in [1.165, 1.54) is 5.56 Å². The molecule has 2 saturated heterocycles. The van der Waals surface area contributed by atoms with Gasteiger partial charge in [0, 0.05) is 65.0 Å². The van der Waals surface area contributed by atoms with Crippen LogP contribution in [0, 0.1) is 12.8 Å². The molecule has 172 valence electrons. The summed E-state index contributed by atoms with van der Waals surface area (Å²) in [6.07, 6.45) is 3.51. The highest BCUT2D eigenvalue weighted by Crippen LogP contribution is 2.23. The number of piperidine rings is 1. The summed E-state index contributed by atoms with van der Waals surface area (Å²) in [7, 11) is 1.86. The zero-order chi connectivity index (χ0) is 22.5. The minimum absolute atomic E-state index is 0.0132. The largest absolute Gasteiger partial charge is 0.340 e. The Balaban J connectivity index is 1.20. The first kappa shape index (κ1) is 22.5. The van der Waals surface area contributed by atoms with Crippen LogP contribution in [-0.2, 0) is 18.4 Å². The van der Waals surface area contributed by atoms with Crippen molar-refractivity contribution < 1.29 is 9.59 Å². The summed E-state index contributed by atoms with van der Waals surface area (Å²) in [5, 5.41) is 4.34. The maximum atomic E-state index is 12.8. The molecule has 2 aliphatic rings. The van der Waals surface area contributed by atoms with E-state index in [2.05, 4.69) is 34.3 Å². The summed E-state index contributed by atoms with van der Waals surface area (Å²) in [6, 6.07) is 12.4. The van der Waals surface area contributed by atoms with Crippen LogP contribution in [0.4, 0.5) is 0 Å². The van der Waals surface area contributed by atoms with E-state index < -0.39 is 0 Å². The van der Waals surface area contributed by atoms with Crippen molar-refractivity contribution in [3.63, 3.8) is 0 Å². The van der Waals surface area contributed by atoms with Crippen LogP contribution in [0.5, 0.6) is 0 Å². The van der Waals surface area contributed by atoms with Crippen LogP contribution in [-0.4, -0.2) is 75.6 Å². The molecule has 2 aromatic rings. The SMILES string of the molecule is Cc1cc(C(=O)N2CCC[C@@H](CCC(=O)N3CCN(Cc4ccccc4)CC3)C2)nn1C. The summed E-state index contributed by atoms with van der Waals surface area (Å²) in [5.41, 5.74) is 2.83. The Kier molecular flexibility index (Phi) is 7.25. The van der Waals surface area contributed by atoms with Gasteiger partial charge in [0.2, 0.25) is 5.91 Å². The fourth-order valence-electron chi connectivity index (χ4n) is 4.79. The third kappa shape index (κ3) is 5.57. The second-order valence-corrected chi connectivity index (χ2v) is 9.24. The van der Waals surface area contributed by atoms with Gasteiger partial charge in [-0.3, -0.25) is 19.2 Å². The molecule has 32 heavy (non-hydrogen) atoms. The van der Waals surface area contributed by atoms with Crippen LogP contribution in [0.3, 0.4) is 0 Å². The van der Waals surface area contributed by atoms with E-state index >= 15 is 0 Å². The van der Waals surface area contributed by atoms with E-state index in [0.717, 1.165) is 70.8 Å². The lowest BCUT2D eigenvalue weighted by atomic mass is 9.93. The molecule has 7 heteroatoms. The number of aryl methyl sites for hydroxylation is 2. The maximum Gasteiger partial charge on any atom is 0.274 e. The quantitative estimate of drug-likeness (QED) is 0.697. The zero-order valence-corrected chi connectivity index (χ0v) is 19.4. The lowest BCUT2D eigenvalue weighted by Gasteiger charge is -2.36. The van der Waals surface area contributed by atoms with Gasteiger partial charge in [0.25, 0.3) is 5.91 Å². The Morgan fingerprint density at radius 3 is 2.47 bits per heavy atom. The number of carbonyl (C=O) groups excluding carboxylic acids is 2. The van der Waals surface area contributed by atoms with E-state index in [0.29, 0.717) is 18.0 Å². The first-order valence-corrected chi connectivity index (χ1v) is 11.8. The van der Waals surface area contributed by atoms with Gasteiger partial charge in [-0.05, 0) is 43.7 Å². The second kappa shape index (κ2) is 10.3. The molecule has 0 N–H and O–H groups in total. The monoisotopic (exact) mass is 437 g/mol. The van der Waals surface area contributed by atoms with Crippen molar-refractivity contribution >= 4 is 11.8 Å². The molecule has 1 aromatic carbocycles. The lowest BCUT2D eigenvalue weighted by molar-refractivity contribution is -0.133. The number of aromatic nitrogens is 2. The van der Waals surface area contributed by atoms with Crippen molar-refractivity contribution in [2.75, 3.05) is 39.3 Å². The number of hydrogen-bond acceptors (Lipinski definition) is 4. The fraction of sp³-hybridized carbons (Fsp3) is 0.560. The van der Waals surface area contributed by atoms with E-state index in [1.807, 2.05) is 35.9 Å². The van der Waals surface area contributed by atoms with Gasteiger partial charge in [0.15, 0.2) is 5.69 Å². The lowest BCUT2D eigenvalue weighted by Crippen LogP contribution is -2.48. The summed E-state index contributed by atoms with van der Waals surface area (Å²) in [4.78, 5) is 32.0. The van der Waals surface area contributed by atoms with Crippen molar-refractivity contribution in [3.8, 4) is 0 Å². The molecular weight excluding hydrogens is 402 g/mol. The molecule has 1 atom stereocenters. The van der Waals surface area contributed by atoms with Crippen LogP contribution < -0.4 is 0 Å². The van der Waals surface area contributed by atoms with E-state index in [-0.39, 0.29) is 11.8 Å². The Hall–Kier alpha value is -2.67. The molecule has 0 aliphatic carbocycles. The molecule has 4 rings (SSSR count). The van der Waals surface area contributed by atoms with Crippen molar-refractivity contribution in [2.24, 2.45) is 13.0 Å². The van der Waals surface area contributed by atoms with E-state index in [9.17, 15) is 9.59 Å². The number of piperazine rings is 1. The van der Waals surface area contributed by atoms with Crippen LogP contribution in [0.1, 0.15) is 47.4 Å². The number of carbonyl (C=O) groups is 2. The smallest absolute Gasteiger partial charge is 0.274 e. The van der Waals surface area contributed by atoms with Gasteiger partial charge in [-0.15, -0.1) is 0 Å². The molecule has 0 bridgehead atoms. The van der Waals surface area contributed by atoms with Gasteiger partial charge in [0.05, 0.1) is 0 Å². The van der Waals surface area contributed by atoms with Gasteiger partial charge < -0.3 is 9.80 Å². The minimum Gasteiger partial charge on any atom is -0.340 e. The molecule has 0 saturated carbocycles. The maximum absolute atomic E-state index is 12.8. The Morgan fingerprint density at radius 2 is 1.78 bits per heavy atom. The molecule has 1 aromatic heterocycles. The van der Waals surface area contributed by atoms with E-state index in [1.54, 1.807) is 4.68 Å². The Labute approximate surface area is 191 Å². The minimum atomic E-state index is 0.0132. The summed E-state index contributed by atoms with van der Waals surface area (Å²) in [6.45, 7) is 7.88. The standard InChI is InChI=1S/C25H35N5O2/c1-20-17-23(26-27(20)2)25(32)30-12-6-9-22(19-30)10-11-24(31)29-15-13-28(14-16-29)18-21-7-4-3-5-8-21/h3-5,7-8,17,22H,6,9-16,18-19H2,1-2H3/t22-/m0/s1. The molecule has 3 heterocycles. The highest BCUT2D eigenvalue weighted by Gasteiger charge is 2.27. The number of likely N-dealkylation sites (tertiary alicyclic amines) is 1. The normalized spacial score (nSPS) is 19.9. The molecule has 0 spiro atoms. The van der Waals surface area contributed by atoms with Gasteiger partial charge >= 0.3 is 0 Å². The average Bonchev–Trinajstić information content (AvgIpc) is 3.16. The molecule has 7 nitrogen and oxygen atoms in total. The van der Waals surface area contributed by atoms with Gasteiger partial charge in [0.1, 0.15) is 0 Å². The number of benzene rings is 1. The molecule has 2 aliphatic heterocycles. The van der Waals surface area contributed by atoms with Crippen LogP contribution in [0.15, 0.2) is 36.4 Å². The Bertz CT molecular complexity index is 898. The second-order valence-electron chi connectivity index (χ2n) is 9.24. The highest BCUT2D eigenvalue weighted by atomic mass is 16.2. The highest BCUT2D eigenvalue weighted by molar-refractivity contribution is 5.92. The molecule has 0 unspecified atom stereocenters. The predicted molar refractivity (Wildman–Crippen MR) is 124 cm³/mol. The molecule has 0 radical (unpaired) electrons. The molecule has 2 fully saturated rings. The fourth-order valence-corrected chi connectivity index (χ4v) is 4.79. The molecule has 2 amide bonds. The van der Waals surface area contributed by atoms with Crippen molar-refractivity contribution in [3.05, 3.63) is 53.3 Å². The van der Waals surface area contributed by atoms with Crippen molar-refractivity contribution in [1.29, 1.82) is 0 Å². The third-order valence-corrected chi connectivity index (χ3v) is 6.88. The average molecular weight is 438 g/mol. The zero-order valence-electron chi connectivity index (χ0n) is 19.4. The summed E-state index contributed by atoms with van der Waals surface area (Å²) in [5.74, 6) is 0.660. The van der Waals surface area contributed by atoms with Crippen molar-refractivity contribution in [1.82, 2.24) is 24.5 Å². The third-order valence-electron chi connectivity index (χ3n) is 6.88. The van der Waals surface area contributed by atoms with Crippen LogP contribution in [0.25, 0.3) is 0 Å². The first-order valence-electron chi connectivity index (χ1n) is 11.8. The van der Waals surface area contributed by atoms with Crippen molar-refractivity contribution in [2.45, 2.75) is 39.2 Å². The first-order chi connectivity index (χ1) is 15.5. The summed E-state index contributed by atoms with van der Waals surface area (Å²) >= 11 is 0. The van der Waals surface area contributed by atoms with Crippen LogP contribution in [0.2, 0.25) is 0 Å². The number of rotatable bonds is 6. The number of nitrogens with zero attached hydrogens (tertiary/aromatic N) is 5. The Morgan fingerprint density at radius 1 is 1.03 bits per heavy atom. The van der Waals surface area contributed by atoms with Crippen LogP contribution >= 0.6 is 0 Å². The summed E-state index contributed by atoms with van der Waals surface area (Å²) < 4.78 is 1.74. The van der Waals surface area contributed by atoms with Gasteiger partial charge in [-0.25, -0.2) is 0 Å². The number of hydrogen-bond donors (Lipinski definition) is 0.